The maximum absolute atomic E-state index is 15.0. The number of nitrogens with zero attached hydrogens (tertiary/aromatic N) is 3. The van der Waals surface area contributed by atoms with Crippen LogP contribution in [0, 0.1) is 17.8 Å². The van der Waals surface area contributed by atoms with Crippen molar-refractivity contribution in [2.75, 3.05) is 52.4 Å². The highest BCUT2D eigenvalue weighted by Gasteiger charge is 2.42. The number of aliphatic imine (C=N–C) groups is 2. The predicted molar refractivity (Wildman–Crippen MR) is 423 cm³/mol. The molecule has 1 aliphatic heterocycles. The van der Waals surface area contributed by atoms with Gasteiger partial charge in [0, 0.05) is 26.1 Å². The van der Waals surface area contributed by atoms with Crippen molar-refractivity contribution in [1.29, 1.82) is 0 Å². The Balaban J connectivity index is 1.94. The molecule has 626 valence electrons. The van der Waals surface area contributed by atoms with Crippen molar-refractivity contribution >= 4 is 88.8 Å². The minimum absolute atomic E-state index is 0.00588. The lowest BCUT2D eigenvalue weighted by atomic mass is 9.96. The van der Waals surface area contributed by atoms with E-state index in [4.69, 9.17) is 45.9 Å². The third kappa shape index (κ3) is 36.7. The molecule has 112 heavy (non-hydrogen) atoms. The van der Waals surface area contributed by atoms with E-state index < -0.39 is 162 Å². The molecular weight excluding hydrogens is 1450 g/mol. The molecule has 37 heteroatoms. The zero-order chi connectivity index (χ0) is 83.4. The molecular formula is C75H126N22O15. The maximum Gasteiger partial charge on any atom is 0.326 e. The standard InChI is InChI=1S/C75H126N22O15/c1-7-46(6)62(71(109)92-54(23-12-15-33-77)72(110)97-37-19-27-59(97)70(108)91-51(22-11-14-32-76)65(103)94-57(39-45(4)5)68(106)93-55(73(111)112)24-13-16-34-78)96-66(104)53(26-18-36-85-75(82)83)89-64(102)52(25-17-35-84-74(80)81)90-67(105)56(38-44(2)3)95-69(107)58(41-47-20-9-8-10-21-47)88-61(100)43-86-60(99)42-87-63(101)50(79)40-48-28-30-49(98)31-29-48/h8-10,20-21,28-31,44-46,50-59,62,98H,7,11-19,22-27,32-43,76-79H2,1-6H3,(H,86,99)(H,87,101)(H,88,100)(H,89,102)(H,90,105)(H,91,108)(H,92,109)(H,93,106)(H,94,103)(H,95,107)(H,96,104)(H,111,112)(H4,80,81,84)(H4,82,83,85)/t46?,50?,51?,52?,53-,54?,55?,56?,57?,58?,59?,62?/m1/s1. The van der Waals surface area contributed by atoms with Crippen LogP contribution in [-0.2, 0) is 75.2 Å². The van der Waals surface area contributed by atoms with Crippen LogP contribution in [-0.4, -0.2) is 223 Å². The number of hydrogen-bond donors (Lipinski definition) is 21. The molecule has 37 nitrogen and oxygen atoms in total. The minimum Gasteiger partial charge on any atom is -0.508 e. The van der Waals surface area contributed by atoms with Gasteiger partial charge in [0.25, 0.3) is 0 Å². The summed E-state index contributed by atoms with van der Waals surface area (Å²) in [4.78, 5) is 192. The lowest BCUT2D eigenvalue weighted by Gasteiger charge is -2.32. The van der Waals surface area contributed by atoms with E-state index in [-0.39, 0.29) is 139 Å². The highest BCUT2D eigenvalue weighted by molar-refractivity contribution is 5.99. The van der Waals surface area contributed by atoms with E-state index in [1.807, 2.05) is 13.8 Å². The summed E-state index contributed by atoms with van der Waals surface area (Å²) in [6.45, 7) is 10.4. The molecule has 1 aliphatic rings. The molecule has 2 aromatic carbocycles. The van der Waals surface area contributed by atoms with Crippen LogP contribution in [0.25, 0.3) is 0 Å². The van der Waals surface area contributed by atoms with Gasteiger partial charge < -0.3 is 119 Å². The van der Waals surface area contributed by atoms with Gasteiger partial charge in [-0.05, 0) is 176 Å². The molecule has 2 aromatic rings. The van der Waals surface area contributed by atoms with Crippen molar-refractivity contribution in [3.63, 3.8) is 0 Å². The zero-order valence-corrected chi connectivity index (χ0v) is 65.7. The average molecular weight is 1580 g/mol. The summed E-state index contributed by atoms with van der Waals surface area (Å²) in [7, 11) is 0. The number of carboxylic acids is 1. The summed E-state index contributed by atoms with van der Waals surface area (Å²) in [6.07, 6.45) is 3.76. The number of guanidine groups is 2. The third-order valence-corrected chi connectivity index (χ3v) is 18.7. The molecule has 0 spiro atoms. The van der Waals surface area contributed by atoms with Gasteiger partial charge in [-0.2, -0.15) is 0 Å². The molecule has 0 bridgehead atoms. The van der Waals surface area contributed by atoms with Crippen molar-refractivity contribution in [3.8, 4) is 5.75 Å². The van der Waals surface area contributed by atoms with Crippen molar-refractivity contribution in [2.45, 2.75) is 236 Å². The number of carbonyl (C=O) groups excluding carboxylic acids is 12. The number of phenols is 1. The van der Waals surface area contributed by atoms with Crippen LogP contribution < -0.4 is 104 Å². The fourth-order valence-corrected chi connectivity index (χ4v) is 12.4. The van der Waals surface area contributed by atoms with Crippen molar-refractivity contribution in [1.82, 2.24) is 63.4 Å². The molecule has 1 heterocycles. The van der Waals surface area contributed by atoms with Crippen LogP contribution in [0.1, 0.15) is 168 Å². The molecule has 11 unspecified atom stereocenters. The number of aromatic hydroxyl groups is 1. The predicted octanol–water partition coefficient (Wildman–Crippen LogP) is -3.19. The Hall–Kier alpha value is -10.3. The molecule has 3 rings (SSSR count). The maximum atomic E-state index is 15.0. The number of carbonyl (C=O) groups is 13. The molecule has 12 atom stereocenters. The van der Waals surface area contributed by atoms with E-state index >= 15 is 0 Å². The average Bonchev–Trinajstić information content (AvgIpc) is 1.64. The highest BCUT2D eigenvalue weighted by atomic mass is 16.4. The second kappa shape index (κ2) is 52.1. The summed E-state index contributed by atoms with van der Waals surface area (Å²) in [5.74, 6) is -11.9. The largest absolute Gasteiger partial charge is 0.508 e. The number of nitrogens with one attached hydrogen (secondary N) is 11. The van der Waals surface area contributed by atoms with Crippen LogP contribution in [0.5, 0.6) is 5.75 Å². The van der Waals surface area contributed by atoms with Gasteiger partial charge in [-0.15, -0.1) is 0 Å². The number of likely N-dealkylation sites (tertiary alicyclic amines) is 1. The molecule has 1 fully saturated rings. The van der Waals surface area contributed by atoms with Crippen molar-refractivity contribution in [3.05, 3.63) is 65.7 Å². The van der Waals surface area contributed by atoms with Gasteiger partial charge in [-0.3, -0.25) is 67.5 Å². The van der Waals surface area contributed by atoms with E-state index in [0.29, 0.717) is 69.0 Å². The summed E-state index contributed by atoms with van der Waals surface area (Å²) in [6, 6.07) is 0.611. The Kier molecular flexibility index (Phi) is 44.6. The van der Waals surface area contributed by atoms with Crippen molar-refractivity contribution in [2.24, 2.45) is 73.6 Å². The highest BCUT2D eigenvalue weighted by Crippen LogP contribution is 2.23. The van der Waals surface area contributed by atoms with Gasteiger partial charge in [0.05, 0.1) is 19.1 Å². The van der Waals surface area contributed by atoms with Gasteiger partial charge in [-0.25, -0.2) is 4.79 Å². The number of unbranched alkanes of at least 4 members (excludes halogenated alkanes) is 3. The fraction of sp³-hybridized carbons (Fsp3) is 0.640. The molecule has 0 aliphatic carbocycles. The van der Waals surface area contributed by atoms with Crippen LogP contribution in [0.2, 0.25) is 0 Å². The summed E-state index contributed by atoms with van der Waals surface area (Å²) < 4.78 is 0. The molecule has 1 saturated heterocycles. The van der Waals surface area contributed by atoms with Gasteiger partial charge in [-0.1, -0.05) is 90.4 Å². The molecule has 0 radical (unpaired) electrons. The Morgan fingerprint density at radius 2 is 0.902 bits per heavy atom. The first-order valence-corrected chi connectivity index (χ1v) is 38.8. The summed E-state index contributed by atoms with van der Waals surface area (Å²) in [5, 5.41) is 48.9. The smallest absolute Gasteiger partial charge is 0.326 e. The Morgan fingerprint density at radius 3 is 1.39 bits per heavy atom. The first-order chi connectivity index (χ1) is 53.2. The van der Waals surface area contributed by atoms with Gasteiger partial charge >= 0.3 is 5.97 Å². The number of nitrogens with two attached hydrogens (primary N) is 8. The molecule has 0 saturated carbocycles. The van der Waals surface area contributed by atoms with Crippen molar-refractivity contribution < 1.29 is 72.5 Å². The number of phenolic OH excluding ortho intramolecular Hbond substituents is 1. The number of benzene rings is 2. The lowest BCUT2D eigenvalue weighted by molar-refractivity contribution is -0.143. The lowest BCUT2D eigenvalue weighted by Crippen LogP contribution is -2.61. The fourth-order valence-electron chi connectivity index (χ4n) is 12.4. The Morgan fingerprint density at radius 1 is 0.473 bits per heavy atom. The Bertz CT molecular complexity index is 3400. The number of aliphatic carboxylic acids is 1. The zero-order valence-electron chi connectivity index (χ0n) is 65.7. The van der Waals surface area contributed by atoms with E-state index in [1.54, 1.807) is 70.2 Å². The normalized spacial score (nSPS) is 15.5. The molecule has 29 N–H and O–H groups in total. The SMILES string of the molecule is CCC(C)C(NC(=O)[C@@H](CCCN=C(N)N)NC(=O)C(CCCN=C(N)N)NC(=O)C(CC(C)C)NC(=O)C(Cc1ccccc1)NC(=O)CNC(=O)CNC(=O)C(N)Cc1ccc(O)cc1)C(=O)NC(CCCCN)C(=O)N1CCCC1C(=O)NC(CCCCN)C(=O)NC(CC(C)C)C(=O)NC(CCCCN)C(=O)O. The third-order valence-electron chi connectivity index (χ3n) is 18.7. The van der Waals surface area contributed by atoms with E-state index in [9.17, 15) is 72.5 Å². The first-order valence-electron chi connectivity index (χ1n) is 38.8. The molecule has 0 aromatic heterocycles. The second-order valence-corrected chi connectivity index (χ2v) is 29.1. The topological polar surface area (TPSA) is 631 Å². The number of amides is 12. The van der Waals surface area contributed by atoms with Crippen LogP contribution in [0.3, 0.4) is 0 Å². The van der Waals surface area contributed by atoms with Crippen LogP contribution >= 0.6 is 0 Å². The van der Waals surface area contributed by atoms with E-state index in [2.05, 4.69) is 68.5 Å². The monoisotopic (exact) mass is 1570 g/mol. The van der Waals surface area contributed by atoms with E-state index in [0.717, 1.165) is 0 Å². The first kappa shape index (κ1) is 95.9. The molecule has 12 amide bonds. The van der Waals surface area contributed by atoms with Crippen LogP contribution in [0.4, 0.5) is 0 Å². The van der Waals surface area contributed by atoms with E-state index in [1.165, 1.54) is 17.0 Å². The summed E-state index contributed by atoms with van der Waals surface area (Å²) in [5.41, 5.74) is 47.3. The van der Waals surface area contributed by atoms with Crippen LogP contribution in [0.15, 0.2) is 64.6 Å². The second-order valence-electron chi connectivity index (χ2n) is 29.1. The van der Waals surface area contributed by atoms with Gasteiger partial charge in [0.2, 0.25) is 70.9 Å². The minimum atomic E-state index is -1.46. The van der Waals surface area contributed by atoms with Gasteiger partial charge in [0.15, 0.2) is 11.9 Å². The van der Waals surface area contributed by atoms with Gasteiger partial charge in [0.1, 0.15) is 66.2 Å². The number of hydrogen-bond acceptors (Lipinski definition) is 20. The number of carboxylic acid groups (broad SMARTS) is 1. The number of rotatable bonds is 54. The Labute approximate surface area is 655 Å². The quantitative estimate of drug-likeness (QED) is 0.0176. The summed E-state index contributed by atoms with van der Waals surface area (Å²) >= 11 is 0.